The summed E-state index contributed by atoms with van der Waals surface area (Å²) >= 11 is 6.18. The maximum absolute atomic E-state index is 12.5. The number of nitrogens with zero attached hydrogens (tertiary/aromatic N) is 2. The Kier molecular flexibility index (Phi) is 8.61. The number of benzene rings is 1. The highest BCUT2D eigenvalue weighted by atomic mass is 35.5. The number of aromatic nitrogens is 1. The van der Waals surface area contributed by atoms with Gasteiger partial charge >= 0.3 is 0 Å². The molecular weight excluding hydrogens is 409 g/mol. The van der Waals surface area contributed by atoms with E-state index >= 15 is 0 Å². The van der Waals surface area contributed by atoms with Crippen LogP contribution in [0.5, 0.6) is 0 Å². The number of carbonyl (C=O) groups is 1. The molecule has 0 bridgehead atoms. The number of oxazole rings is 1. The average molecular weight is 435 g/mol. The molecule has 1 aromatic carbocycles. The molecule has 150 valence electrons. The molecule has 1 aromatic heterocycles. The van der Waals surface area contributed by atoms with Crippen LogP contribution in [-0.4, -0.2) is 34.9 Å². The molecule has 1 saturated heterocycles. The van der Waals surface area contributed by atoms with E-state index in [2.05, 4.69) is 18.8 Å². The molecule has 2 N–H and O–H groups in total. The second kappa shape index (κ2) is 9.78. The van der Waals surface area contributed by atoms with Crippen LogP contribution in [0.15, 0.2) is 34.9 Å². The molecule has 1 fully saturated rings. The largest absolute Gasteiger partial charge is 0.441 e. The van der Waals surface area contributed by atoms with E-state index in [-0.39, 0.29) is 42.2 Å². The Labute approximate surface area is 177 Å². The molecule has 27 heavy (non-hydrogen) atoms. The fourth-order valence-electron chi connectivity index (χ4n) is 3.17. The van der Waals surface area contributed by atoms with Gasteiger partial charge in [-0.3, -0.25) is 4.79 Å². The fraction of sp³-hybridized carbons (Fsp3) is 0.474. The first-order valence-electron chi connectivity index (χ1n) is 8.60. The molecule has 1 aliphatic heterocycles. The van der Waals surface area contributed by atoms with Crippen molar-refractivity contribution in [2.75, 3.05) is 13.1 Å². The maximum atomic E-state index is 12.5. The van der Waals surface area contributed by atoms with Gasteiger partial charge < -0.3 is 15.1 Å². The lowest BCUT2D eigenvalue weighted by atomic mass is 9.79. The standard InChI is InChI=1S/C19H24ClN3O2.2ClH/c1-19(2)12-23(10-9-16(19)21)18(24)8-7-17-22-11-15(25-17)13-5-3-4-6-14(13)20;;/h3-6,11,16H,7-10,12,21H2,1-2H3;2*1H. The molecular formula is C19H26Cl3N3O2. The van der Waals surface area contributed by atoms with Crippen molar-refractivity contribution in [3.63, 3.8) is 0 Å². The van der Waals surface area contributed by atoms with E-state index in [1.807, 2.05) is 29.2 Å². The number of amides is 1. The molecule has 1 aliphatic rings. The predicted molar refractivity (Wildman–Crippen MR) is 113 cm³/mol. The maximum Gasteiger partial charge on any atom is 0.223 e. The molecule has 2 aromatic rings. The van der Waals surface area contributed by atoms with Gasteiger partial charge in [-0.05, 0) is 24.0 Å². The second-order valence-electron chi connectivity index (χ2n) is 7.30. The summed E-state index contributed by atoms with van der Waals surface area (Å²) in [7, 11) is 0. The van der Waals surface area contributed by atoms with Gasteiger partial charge in [-0.15, -0.1) is 24.8 Å². The van der Waals surface area contributed by atoms with E-state index in [0.29, 0.717) is 36.1 Å². The van der Waals surface area contributed by atoms with Crippen LogP contribution in [0.4, 0.5) is 0 Å². The number of likely N-dealkylation sites (tertiary alicyclic amines) is 1. The van der Waals surface area contributed by atoms with Gasteiger partial charge in [0.25, 0.3) is 0 Å². The Morgan fingerprint density at radius 2 is 2.07 bits per heavy atom. The first kappa shape index (κ1) is 23.8. The molecule has 0 aliphatic carbocycles. The zero-order valence-electron chi connectivity index (χ0n) is 15.5. The smallest absolute Gasteiger partial charge is 0.223 e. The lowest BCUT2D eigenvalue weighted by Crippen LogP contribution is -2.54. The zero-order chi connectivity index (χ0) is 18.0. The molecule has 3 rings (SSSR count). The van der Waals surface area contributed by atoms with Crippen molar-refractivity contribution in [1.82, 2.24) is 9.88 Å². The normalized spacial score (nSPS) is 18.4. The van der Waals surface area contributed by atoms with E-state index < -0.39 is 0 Å². The number of nitrogens with two attached hydrogens (primary N) is 1. The van der Waals surface area contributed by atoms with Crippen LogP contribution in [-0.2, 0) is 11.2 Å². The van der Waals surface area contributed by atoms with Gasteiger partial charge in [0.05, 0.1) is 11.2 Å². The van der Waals surface area contributed by atoms with Crippen LogP contribution < -0.4 is 5.73 Å². The van der Waals surface area contributed by atoms with Crippen LogP contribution in [0.1, 0.15) is 32.6 Å². The molecule has 1 amide bonds. The van der Waals surface area contributed by atoms with Crippen LogP contribution in [0.25, 0.3) is 11.3 Å². The van der Waals surface area contributed by atoms with E-state index in [0.717, 1.165) is 18.5 Å². The van der Waals surface area contributed by atoms with Gasteiger partial charge in [0, 0.05) is 37.5 Å². The summed E-state index contributed by atoms with van der Waals surface area (Å²) < 4.78 is 5.76. The third kappa shape index (κ3) is 5.61. The highest BCUT2D eigenvalue weighted by Crippen LogP contribution is 2.29. The summed E-state index contributed by atoms with van der Waals surface area (Å²) in [6.45, 7) is 5.64. The lowest BCUT2D eigenvalue weighted by molar-refractivity contribution is -0.134. The molecule has 0 saturated carbocycles. The van der Waals surface area contributed by atoms with Crippen molar-refractivity contribution in [2.45, 2.75) is 39.2 Å². The Hall–Kier alpha value is -1.27. The van der Waals surface area contributed by atoms with E-state index in [1.165, 1.54) is 0 Å². The number of hydrogen-bond acceptors (Lipinski definition) is 4. The van der Waals surface area contributed by atoms with Crippen molar-refractivity contribution < 1.29 is 9.21 Å². The minimum Gasteiger partial charge on any atom is -0.441 e. The quantitative estimate of drug-likeness (QED) is 0.776. The first-order chi connectivity index (χ1) is 11.9. The van der Waals surface area contributed by atoms with Gasteiger partial charge in [0.1, 0.15) is 0 Å². The summed E-state index contributed by atoms with van der Waals surface area (Å²) in [6, 6.07) is 7.60. The van der Waals surface area contributed by atoms with E-state index in [4.69, 9.17) is 21.8 Å². The van der Waals surface area contributed by atoms with E-state index in [9.17, 15) is 4.79 Å². The predicted octanol–water partition coefficient (Wildman–Crippen LogP) is 4.36. The summed E-state index contributed by atoms with van der Waals surface area (Å²) in [5, 5.41) is 0.619. The minimum absolute atomic E-state index is 0. The molecule has 8 heteroatoms. The van der Waals surface area contributed by atoms with Crippen molar-refractivity contribution >= 4 is 42.3 Å². The highest BCUT2D eigenvalue weighted by Gasteiger charge is 2.35. The number of carbonyl (C=O) groups excluding carboxylic acids is 1. The molecule has 5 nitrogen and oxygen atoms in total. The molecule has 0 radical (unpaired) electrons. The number of halogens is 3. The SMILES string of the molecule is CC1(C)CN(C(=O)CCc2ncc(-c3ccccc3Cl)o2)CCC1N.Cl.Cl. The third-order valence-electron chi connectivity index (χ3n) is 4.91. The minimum atomic E-state index is -0.0475. The summed E-state index contributed by atoms with van der Waals surface area (Å²) in [6.07, 6.45) is 3.36. The van der Waals surface area contributed by atoms with Crippen molar-refractivity contribution in [3.8, 4) is 11.3 Å². The Morgan fingerprint density at radius 1 is 1.37 bits per heavy atom. The molecule has 0 spiro atoms. The zero-order valence-corrected chi connectivity index (χ0v) is 17.9. The average Bonchev–Trinajstić information content (AvgIpc) is 3.04. The monoisotopic (exact) mass is 433 g/mol. The number of hydrogen-bond donors (Lipinski definition) is 1. The number of piperidine rings is 1. The second-order valence-corrected chi connectivity index (χ2v) is 7.70. The number of aryl methyl sites for hydroxylation is 1. The van der Waals surface area contributed by atoms with Gasteiger partial charge in [0.15, 0.2) is 11.7 Å². The third-order valence-corrected chi connectivity index (χ3v) is 5.24. The summed E-state index contributed by atoms with van der Waals surface area (Å²) in [5.74, 6) is 1.30. The molecule has 1 unspecified atom stereocenters. The Morgan fingerprint density at radius 3 is 2.74 bits per heavy atom. The Balaban J connectivity index is 0.00000182. The molecule has 2 heterocycles. The van der Waals surface area contributed by atoms with Crippen LogP contribution in [0.3, 0.4) is 0 Å². The van der Waals surface area contributed by atoms with Crippen LogP contribution in [0.2, 0.25) is 5.02 Å². The van der Waals surface area contributed by atoms with Crippen molar-refractivity contribution in [3.05, 3.63) is 41.4 Å². The summed E-state index contributed by atoms with van der Waals surface area (Å²) in [4.78, 5) is 18.7. The van der Waals surface area contributed by atoms with Crippen LogP contribution in [0, 0.1) is 5.41 Å². The number of rotatable bonds is 4. The van der Waals surface area contributed by atoms with Gasteiger partial charge in [0.2, 0.25) is 5.91 Å². The highest BCUT2D eigenvalue weighted by molar-refractivity contribution is 6.33. The van der Waals surface area contributed by atoms with E-state index in [1.54, 1.807) is 6.20 Å². The van der Waals surface area contributed by atoms with Crippen molar-refractivity contribution in [1.29, 1.82) is 0 Å². The lowest BCUT2D eigenvalue weighted by Gasteiger charge is -2.42. The summed E-state index contributed by atoms with van der Waals surface area (Å²) in [5.41, 5.74) is 6.90. The first-order valence-corrected chi connectivity index (χ1v) is 8.97. The van der Waals surface area contributed by atoms with Gasteiger partial charge in [-0.25, -0.2) is 4.98 Å². The topological polar surface area (TPSA) is 72.4 Å². The van der Waals surface area contributed by atoms with Gasteiger partial charge in [-0.1, -0.05) is 37.6 Å². The van der Waals surface area contributed by atoms with Crippen molar-refractivity contribution in [2.24, 2.45) is 11.1 Å². The van der Waals surface area contributed by atoms with Crippen LogP contribution >= 0.6 is 36.4 Å². The Bertz CT molecular complexity index is 764. The molecule has 1 atom stereocenters. The van der Waals surface area contributed by atoms with Gasteiger partial charge in [-0.2, -0.15) is 0 Å². The fourth-order valence-corrected chi connectivity index (χ4v) is 3.40.